The zero-order chi connectivity index (χ0) is 26.1. The average molecular weight is 528 g/mol. The second-order valence-corrected chi connectivity index (χ2v) is 10.1. The number of halogens is 2. The molecule has 3 aromatic rings. The number of carbonyl (C=O) groups excluding carboxylic acids is 1. The van der Waals surface area contributed by atoms with Gasteiger partial charge in [-0.05, 0) is 71.1 Å². The molecule has 5 rings (SSSR count). The van der Waals surface area contributed by atoms with Crippen molar-refractivity contribution in [2.24, 2.45) is 0 Å². The molecule has 1 unspecified atom stereocenters. The van der Waals surface area contributed by atoms with Gasteiger partial charge in [0.1, 0.15) is 16.8 Å². The maximum absolute atomic E-state index is 15.4. The van der Waals surface area contributed by atoms with Crippen LogP contribution in [-0.4, -0.2) is 61.7 Å². The minimum Gasteiger partial charge on any atom is -0.451 e. The van der Waals surface area contributed by atoms with Crippen LogP contribution >= 0.6 is 11.6 Å². The summed E-state index contributed by atoms with van der Waals surface area (Å²) in [4.78, 5) is 28.9. The summed E-state index contributed by atoms with van der Waals surface area (Å²) in [5.41, 5.74) is 0.595. The van der Waals surface area contributed by atoms with Gasteiger partial charge in [0.25, 0.3) is 5.91 Å². The van der Waals surface area contributed by atoms with Gasteiger partial charge in [-0.1, -0.05) is 11.6 Å². The standard InChI is InChI=1S/C27H31ClFN5O3/c1-30-9-4-10-31-23-20(29)14-18-24-26(23)37-22-13-16(28)6-7-21(22)34(24)15-19(25(18)35)27(36)32-11-8-17-5-3-12-33(17)2/h6-7,13-15,17,30-31H,3-5,8-12H2,1-2H3,(H,32,36). The van der Waals surface area contributed by atoms with Crippen molar-refractivity contribution in [2.75, 3.05) is 45.6 Å². The summed E-state index contributed by atoms with van der Waals surface area (Å²) < 4.78 is 23.2. The molecule has 0 saturated carbocycles. The predicted molar refractivity (Wildman–Crippen MR) is 144 cm³/mol. The number of ether oxygens (including phenoxy) is 1. The lowest BCUT2D eigenvalue weighted by Crippen LogP contribution is -2.34. The third-order valence-corrected chi connectivity index (χ3v) is 7.41. The molecule has 2 aliphatic rings. The van der Waals surface area contributed by atoms with Crippen molar-refractivity contribution in [2.45, 2.75) is 31.7 Å². The number of anilines is 1. The fourth-order valence-electron chi connectivity index (χ4n) is 5.19. The first-order valence-corrected chi connectivity index (χ1v) is 13.0. The maximum Gasteiger partial charge on any atom is 0.256 e. The summed E-state index contributed by atoms with van der Waals surface area (Å²) in [7, 11) is 3.94. The number of fused-ring (bicyclic) bond motifs is 2. The molecule has 3 N–H and O–H groups in total. The molecule has 196 valence electrons. The minimum absolute atomic E-state index is 0.0462. The van der Waals surface area contributed by atoms with E-state index in [1.54, 1.807) is 22.8 Å². The summed E-state index contributed by atoms with van der Waals surface area (Å²) in [5.74, 6) is -0.496. The lowest BCUT2D eigenvalue weighted by molar-refractivity contribution is 0.0949. The Labute approximate surface area is 219 Å². The number of nitrogens with one attached hydrogen (secondary N) is 3. The number of carbonyl (C=O) groups is 1. The summed E-state index contributed by atoms with van der Waals surface area (Å²) >= 11 is 6.22. The van der Waals surface area contributed by atoms with E-state index in [4.69, 9.17) is 16.3 Å². The summed E-state index contributed by atoms with van der Waals surface area (Å²) in [6.45, 7) is 2.77. The molecule has 0 radical (unpaired) electrons. The van der Waals surface area contributed by atoms with E-state index in [1.807, 2.05) is 7.05 Å². The van der Waals surface area contributed by atoms with E-state index in [9.17, 15) is 9.59 Å². The van der Waals surface area contributed by atoms with Gasteiger partial charge >= 0.3 is 0 Å². The monoisotopic (exact) mass is 527 g/mol. The Morgan fingerprint density at radius 2 is 2.08 bits per heavy atom. The Hall–Kier alpha value is -3.14. The molecule has 1 fully saturated rings. The zero-order valence-electron chi connectivity index (χ0n) is 21.0. The van der Waals surface area contributed by atoms with Crippen molar-refractivity contribution in [1.29, 1.82) is 0 Å². The van der Waals surface area contributed by atoms with Gasteiger partial charge in [-0.3, -0.25) is 9.59 Å². The van der Waals surface area contributed by atoms with Crippen molar-refractivity contribution in [3.05, 3.63) is 57.1 Å². The molecule has 37 heavy (non-hydrogen) atoms. The fourth-order valence-corrected chi connectivity index (χ4v) is 5.35. The molecular weight excluding hydrogens is 497 g/mol. The number of hydrogen-bond acceptors (Lipinski definition) is 6. The Morgan fingerprint density at radius 1 is 1.24 bits per heavy atom. The van der Waals surface area contributed by atoms with Gasteiger partial charge in [0.2, 0.25) is 5.43 Å². The van der Waals surface area contributed by atoms with E-state index < -0.39 is 17.2 Å². The smallest absolute Gasteiger partial charge is 0.256 e. The SMILES string of the molecule is CNCCCNc1c(F)cc2c(=O)c(C(=O)NCCC3CCCN3C)cn3c2c1Oc1cc(Cl)ccc1-3. The number of amides is 1. The molecule has 2 aromatic carbocycles. The molecule has 1 saturated heterocycles. The highest BCUT2D eigenvalue weighted by Crippen LogP contribution is 2.45. The number of likely N-dealkylation sites (tertiary alicyclic amines) is 1. The maximum atomic E-state index is 15.4. The van der Waals surface area contributed by atoms with Gasteiger partial charge in [-0.2, -0.15) is 0 Å². The first-order chi connectivity index (χ1) is 17.9. The van der Waals surface area contributed by atoms with Crippen LogP contribution in [0.4, 0.5) is 10.1 Å². The molecule has 1 amide bonds. The first-order valence-electron chi connectivity index (χ1n) is 12.7. The molecule has 3 heterocycles. The topological polar surface area (TPSA) is 87.6 Å². The van der Waals surface area contributed by atoms with Crippen molar-refractivity contribution in [3.8, 4) is 17.2 Å². The average Bonchev–Trinajstić information content (AvgIpc) is 3.28. The van der Waals surface area contributed by atoms with Crippen LogP contribution in [0.5, 0.6) is 11.5 Å². The van der Waals surface area contributed by atoms with Crippen molar-refractivity contribution < 1.29 is 13.9 Å². The molecule has 0 spiro atoms. The van der Waals surface area contributed by atoms with Gasteiger partial charge in [-0.25, -0.2) is 4.39 Å². The van der Waals surface area contributed by atoms with E-state index in [2.05, 4.69) is 27.9 Å². The number of rotatable bonds is 9. The van der Waals surface area contributed by atoms with Gasteiger partial charge in [0, 0.05) is 36.4 Å². The van der Waals surface area contributed by atoms with Crippen LogP contribution in [0.2, 0.25) is 5.02 Å². The minimum atomic E-state index is -0.622. The number of benzene rings is 2. The van der Waals surface area contributed by atoms with E-state index in [1.165, 1.54) is 12.3 Å². The Bertz CT molecular complexity index is 1410. The molecule has 1 aromatic heterocycles. The third-order valence-electron chi connectivity index (χ3n) is 7.17. The molecule has 1 atom stereocenters. The number of hydrogen-bond donors (Lipinski definition) is 3. The van der Waals surface area contributed by atoms with Gasteiger partial charge in [0.15, 0.2) is 17.3 Å². The molecular formula is C27H31ClFN5O3. The van der Waals surface area contributed by atoms with E-state index >= 15 is 4.39 Å². The molecule has 0 aliphatic carbocycles. The Morgan fingerprint density at radius 3 is 2.84 bits per heavy atom. The second kappa shape index (κ2) is 10.7. The van der Waals surface area contributed by atoms with Gasteiger partial charge < -0.3 is 30.2 Å². The highest BCUT2D eigenvalue weighted by atomic mass is 35.5. The zero-order valence-corrected chi connectivity index (χ0v) is 21.8. The molecule has 2 aliphatic heterocycles. The van der Waals surface area contributed by atoms with Gasteiger partial charge in [0.05, 0.1) is 11.1 Å². The summed E-state index contributed by atoms with van der Waals surface area (Å²) in [6, 6.07) is 6.70. The van der Waals surface area contributed by atoms with Crippen LogP contribution in [0.15, 0.2) is 35.3 Å². The second-order valence-electron chi connectivity index (χ2n) is 9.62. The predicted octanol–water partition coefficient (Wildman–Crippen LogP) is 4.12. The van der Waals surface area contributed by atoms with Crippen LogP contribution in [0.25, 0.3) is 16.6 Å². The van der Waals surface area contributed by atoms with Crippen LogP contribution in [0.1, 0.15) is 36.0 Å². The first kappa shape index (κ1) is 25.5. The van der Waals surface area contributed by atoms with Crippen LogP contribution < -0.4 is 26.1 Å². The van der Waals surface area contributed by atoms with Crippen molar-refractivity contribution in [1.82, 2.24) is 20.1 Å². The van der Waals surface area contributed by atoms with Crippen LogP contribution in [-0.2, 0) is 0 Å². The molecule has 10 heteroatoms. The van der Waals surface area contributed by atoms with E-state index in [0.29, 0.717) is 41.1 Å². The number of nitrogens with zero attached hydrogens (tertiary/aromatic N) is 2. The number of aromatic nitrogens is 1. The Kier molecular flexibility index (Phi) is 7.37. The van der Waals surface area contributed by atoms with Crippen molar-refractivity contribution in [3.63, 3.8) is 0 Å². The highest BCUT2D eigenvalue weighted by molar-refractivity contribution is 6.30. The normalized spacial score (nSPS) is 16.5. The number of pyridine rings is 1. The quantitative estimate of drug-likeness (QED) is 0.284. The summed E-state index contributed by atoms with van der Waals surface area (Å²) in [6.07, 6.45) is 5.33. The van der Waals surface area contributed by atoms with E-state index in [0.717, 1.165) is 38.8 Å². The Balaban J connectivity index is 1.55. The lowest BCUT2D eigenvalue weighted by atomic mass is 10.1. The van der Waals surface area contributed by atoms with Gasteiger partial charge in [-0.15, -0.1) is 0 Å². The largest absolute Gasteiger partial charge is 0.451 e. The fraction of sp³-hybridized carbons (Fsp3) is 0.407. The van der Waals surface area contributed by atoms with Crippen LogP contribution in [0, 0.1) is 5.82 Å². The van der Waals surface area contributed by atoms with Crippen molar-refractivity contribution >= 4 is 34.1 Å². The lowest BCUT2D eigenvalue weighted by Gasteiger charge is -2.26. The molecule has 8 nitrogen and oxygen atoms in total. The summed E-state index contributed by atoms with van der Waals surface area (Å²) in [5, 5.41) is 9.59. The van der Waals surface area contributed by atoms with E-state index in [-0.39, 0.29) is 22.4 Å². The highest BCUT2D eigenvalue weighted by Gasteiger charge is 2.29. The third kappa shape index (κ3) is 4.91. The van der Waals surface area contributed by atoms with Crippen LogP contribution in [0.3, 0.4) is 0 Å². The molecule has 0 bridgehead atoms.